The van der Waals surface area contributed by atoms with Crippen molar-refractivity contribution in [3.63, 3.8) is 0 Å². The zero-order valence-electron chi connectivity index (χ0n) is 10.6. The van der Waals surface area contributed by atoms with E-state index < -0.39 is 10.2 Å². The van der Waals surface area contributed by atoms with Crippen molar-refractivity contribution in [3.8, 4) is 0 Å². The molecule has 1 rings (SSSR count). The van der Waals surface area contributed by atoms with Crippen molar-refractivity contribution in [1.29, 1.82) is 0 Å². The zero-order chi connectivity index (χ0) is 12.7. The summed E-state index contributed by atoms with van der Waals surface area (Å²) in [6.45, 7) is 3.01. The lowest BCUT2D eigenvalue weighted by molar-refractivity contribution is 0.154. The fourth-order valence-corrected chi connectivity index (χ4v) is 3.63. The Morgan fingerprint density at radius 2 is 2.12 bits per heavy atom. The van der Waals surface area contributed by atoms with Gasteiger partial charge in [-0.15, -0.1) is 0 Å². The third-order valence-corrected chi connectivity index (χ3v) is 4.82. The van der Waals surface area contributed by atoms with E-state index in [0.29, 0.717) is 13.1 Å². The van der Waals surface area contributed by atoms with Gasteiger partial charge < -0.3 is 5.11 Å². The maximum absolute atomic E-state index is 12.0. The third kappa shape index (κ3) is 4.54. The molecule has 0 aromatic heterocycles. The van der Waals surface area contributed by atoms with Crippen molar-refractivity contribution in [2.24, 2.45) is 0 Å². The van der Waals surface area contributed by atoms with Crippen LogP contribution in [0.4, 0.5) is 0 Å². The van der Waals surface area contributed by atoms with Crippen LogP contribution in [-0.2, 0) is 10.2 Å². The molecule has 1 atom stereocenters. The van der Waals surface area contributed by atoms with E-state index in [9.17, 15) is 13.5 Å². The Bertz CT molecular complexity index is 306. The first-order valence-corrected chi connectivity index (χ1v) is 7.93. The Hall–Kier alpha value is -0.170. The molecule has 1 heterocycles. The largest absolute Gasteiger partial charge is 0.395 e. The topological polar surface area (TPSA) is 69.6 Å². The first-order chi connectivity index (χ1) is 8.11. The number of unbranched alkanes of at least 4 members (excludes halogenated alkanes) is 2. The normalized spacial score (nSPS) is 22.8. The number of hydrogen-bond acceptors (Lipinski definition) is 3. The first-order valence-electron chi connectivity index (χ1n) is 6.49. The Balaban J connectivity index is 2.49. The van der Waals surface area contributed by atoms with Crippen LogP contribution in [0, 0.1) is 0 Å². The zero-order valence-corrected chi connectivity index (χ0v) is 11.4. The van der Waals surface area contributed by atoms with Crippen LogP contribution in [-0.4, -0.2) is 43.6 Å². The lowest BCUT2D eigenvalue weighted by Gasteiger charge is -2.33. The molecular weight excluding hydrogens is 240 g/mol. The molecule has 0 aromatic carbocycles. The van der Waals surface area contributed by atoms with E-state index in [4.69, 9.17) is 0 Å². The molecule has 0 amide bonds. The SMILES string of the molecule is CCCCCNS(=O)(=O)N1CCCCC1CO. The molecule has 2 N–H and O–H groups in total. The quantitative estimate of drug-likeness (QED) is 0.670. The van der Waals surface area contributed by atoms with E-state index in [1.54, 1.807) is 0 Å². The van der Waals surface area contributed by atoms with Crippen LogP contribution >= 0.6 is 0 Å². The lowest BCUT2D eigenvalue weighted by Crippen LogP contribution is -2.50. The number of aliphatic hydroxyl groups is 1. The second-order valence-corrected chi connectivity index (χ2v) is 6.26. The number of piperidine rings is 1. The van der Waals surface area contributed by atoms with Gasteiger partial charge in [-0.1, -0.05) is 26.2 Å². The van der Waals surface area contributed by atoms with Crippen molar-refractivity contribution in [3.05, 3.63) is 0 Å². The molecule has 5 nitrogen and oxygen atoms in total. The molecule has 1 aliphatic heterocycles. The van der Waals surface area contributed by atoms with Crippen molar-refractivity contribution >= 4 is 10.2 Å². The van der Waals surface area contributed by atoms with Gasteiger partial charge in [0.2, 0.25) is 0 Å². The monoisotopic (exact) mass is 264 g/mol. The molecular formula is C11H24N2O3S. The highest BCUT2D eigenvalue weighted by atomic mass is 32.2. The summed E-state index contributed by atoms with van der Waals surface area (Å²) in [6.07, 6.45) is 5.61. The lowest BCUT2D eigenvalue weighted by atomic mass is 10.1. The molecule has 6 heteroatoms. The second-order valence-electron chi connectivity index (χ2n) is 4.55. The minimum absolute atomic E-state index is 0.0874. The minimum Gasteiger partial charge on any atom is -0.395 e. The van der Waals surface area contributed by atoms with Gasteiger partial charge in [-0.3, -0.25) is 0 Å². The van der Waals surface area contributed by atoms with Gasteiger partial charge in [-0.2, -0.15) is 12.7 Å². The summed E-state index contributed by atoms with van der Waals surface area (Å²) in [5.41, 5.74) is 0. The van der Waals surface area contributed by atoms with Crippen LogP contribution < -0.4 is 4.72 Å². The molecule has 17 heavy (non-hydrogen) atoms. The van der Waals surface area contributed by atoms with Crippen molar-refractivity contribution < 1.29 is 13.5 Å². The molecule has 0 aromatic rings. The van der Waals surface area contributed by atoms with Gasteiger partial charge >= 0.3 is 0 Å². The number of rotatable bonds is 7. The van der Waals surface area contributed by atoms with Crippen LogP contribution in [0.15, 0.2) is 0 Å². The summed E-state index contributed by atoms with van der Waals surface area (Å²) < 4.78 is 28.1. The molecule has 0 spiro atoms. The van der Waals surface area contributed by atoms with Gasteiger partial charge in [0.1, 0.15) is 0 Å². The van der Waals surface area contributed by atoms with E-state index in [1.165, 1.54) is 4.31 Å². The first kappa shape index (κ1) is 14.9. The van der Waals surface area contributed by atoms with Gasteiger partial charge in [0.15, 0.2) is 0 Å². The fourth-order valence-electron chi connectivity index (χ4n) is 2.13. The van der Waals surface area contributed by atoms with Crippen LogP contribution in [0.2, 0.25) is 0 Å². The molecule has 0 aliphatic carbocycles. The number of nitrogens with one attached hydrogen (secondary N) is 1. The Labute approximate surface area is 104 Å². The predicted octanol–water partition coefficient (Wildman–Crippen LogP) is 0.858. The highest BCUT2D eigenvalue weighted by Gasteiger charge is 2.31. The number of hydrogen-bond donors (Lipinski definition) is 2. The van der Waals surface area contributed by atoms with Crippen molar-refractivity contribution in [2.75, 3.05) is 19.7 Å². The van der Waals surface area contributed by atoms with Gasteiger partial charge in [0, 0.05) is 19.1 Å². The molecule has 0 bridgehead atoms. The summed E-state index contributed by atoms with van der Waals surface area (Å²) in [5, 5.41) is 9.20. The van der Waals surface area contributed by atoms with E-state index in [-0.39, 0.29) is 12.6 Å². The highest BCUT2D eigenvalue weighted by Crippen LogP contribution is 2.19. The predicted molar refractivity (Wildman–Crippen MR) is 67.9 cm³/mol. The average Bonchev–Trinajstić information content (AvgIpc) is 2.34. The minimum atomic E-state index is -3.40. The second kappa shape index (κ2) is 7.31. The standard InChI is InChI=1S/C11H24N2O3S/c1-2-3-5-8-12-17(15,16)13-9-6-4-7-11(13)10-14/h11-12,14H,2-10H2,1H3. The van der Waals surface area contributed by atoms with Gasteiger partial charge in [0.25, 0.3) is 10.2 Å². The smallest absolute Gasteiger partial charge is 0.279 e. The van der Waals surface area contributed by atoms with E-state index >= 15 is 0 Å². The molecule has 102 valence electrons. The molecule has 1 unspecified atom stereocenters. The van der Waals surface area contributed by atoms with Crippen molar-refractivity contribution in [1.82, 2.24) is 9.03 Å². The number of nitrogens with zero attached hydrogens (tertiary/aromatic N) is 1. The summed E-state index contributed by atoms with van der Waals surface area (Å²) in [6, 6.07) is -0.243. The molecule has 0 saturated carbocycles. The Morgan fingerprint density at radius 3 is 2.76 bits per heavy atom. The maximum atomic E-state index is 12.0. The third-order valence-electron chi connectivity index (χ3n) is 3.16. The number of aliphatic hydroxyl groups excluding tert-OH is 1. The highest BCUT2D eigenvalue weighted by molar-refractivity contribution is 7.87. The van der Waals surface area contributed by atoms with Gasteiger partial charge in [-0.05, 0) is 19.3 Å². The summed E-state index contributed by atoms with van der Waals surface area (Å²) in [7, 11) is -3.40. The molecule has 1 fully saturated rings. The molecule has 1 saturated heterocycles. The van der Waals surface area contributed by atoms with Crippen LogP contribution in [0.25, 0.3) is 0 Å². The van der Waals surface area contributed by atoms with E-state index in [0.717, 1.165) is 38.5 Å². The van der Waals surface area contributed by atoms with Crippen molar-refractivity contribution in [2.45, 2.75) is 51.5 Å². The van der Waals surface area contributed by atoms with E-state index in [2.05, 4.69) is 11.6 Å². The van der Waals surface area contributed by atoms with Gasteiger partial charge in [0.05, 0.1) is 6.61 Å². The molecule has 1 aliphatic rings. The van der Waals surface area contributed by atoms with Crippen LogP contribution in [0.3, 0.4) is 0 Å². The average molecular weight is 264 g/mol. The van der Waals surface area contributed by atoms with Crippen LogP contribution in [0.5, 0.6) is 0 Å². The Kier molecular flexibility index (Phi) is 6.40. The molecule has 0 radical (unpaired) electrons. The maximum Gasteiger partial charge on any atom is 0.279 e. The van der Waals surface area contributed by atoms with Crippen LogP contribution in [0.1, 0.15) is 45.4 Å². The summed E-state index contributed by atoms with van der Waals surface area (Å²) in [4.78, 5) is 0. The fraction of sp³-hybridized carbons (Fsp3) is 1.00. The summed E-state index contributed by atoms with van der Waals surface area (Å²) in [5.74, 6) is 0. The summed E-state index contributed by atoms with van der Waals surface area (Å²) >= 11 is 0. The van der Waals surface area contributed by atoms with Gasteiger partial charge in [-0.25, -0.2) is 4.72 Å². The Morgan fingerprint density at radius 1 is 1.35 bits per heavy atom. The van der Waals surface area contributed by atoms with E-state index in [1.807, 2.05) is 0 Å².